The first-order valence-electron chi connectivity index (χ1n) is 4.31. The van der Waals surface area contributed by atoms with Gasteiger partial charge in [0.2, 0.25) is 0 Å². The van der Waals surface area contributed by atoms with Gasteiger partial charge in [0.25, 0.3) is 5.91 Å². The first-order chi connectivity index (χ1) is 6.74. The van der Waals surface area contributed by atoms with Crippen LogP contribution < -0.4 is 5.32 Å². The maximum atomic E-state index is 13.3. The van der Waals surface area contributed by atoms with Crippen LogP contribution in [0.15, 0.2) is 24.3 Å². The highest BCUT2D eigenvalue weighted by Crippen LogP contribution is 2.28. The van der Waals surface area contributed by atoms with Crippen molar-refractivity contribution in [1.82, 2.24) is 5.32 Å². The van der Waals surface area contributed by atoms with E-state index in [1.807, 2.05) is 0 Å². The number of rotatable bonds is 2. The maximum absolute atomic E-state index is 13.3. The molecule has 0 spiro atoms. The van der Waals surface area contributed by atoms with Gasteiger partial charge < -0.3 is 10.1 Å². The van der Waals surface area contributed by atoms with Gasteiger partial charge in [0.15, 0.2) is 6.10 Å². The van der Waals surface area contributed by atoms with Gasteiger partial charge in [-0.2, -0.15) is 0 Å². The van der Waals surface area contributed by atoms with Gasteiger partial charge in [0.05, 0.1) is 6.04 Å². The van der Waals surface area contributed by atoms with Crippen LogP contribution in [0.25, 0.3) is 0 Å². The van der Waals surface area contributed by atoms with Crippen molar-refractivity contribution >= 4 is 5.91 Å². The fraction of sp³-hybridized carbons (Fsp3) is 0.300. The van der Waals surface area contributed by atoms with E-state index in [4.69, 9.17) is 4.74 Å². The van der Waals surface area contributed by atoms with Gasteiger partial charge in [0, 0.05) is 12.7 Å². The van der Waals surface area contributed by atoms with E-state index in [9.17, 15) is 9.18 Å². The molecule has 0 radical (unpaired) electrons. The number of nitrogens with one attached hydrogen (secondary N) is 1. The molecule has 1 N–H and O–H groups in total. The van der Waals surface area contributed by atoms with Crippen LogP contribution in [-0.4, -0.2) is 19.1 Å². The molecular weight excluding hydrogens is 185 g/mol. The third kappa shape index (κ3) is 1.28. The molecule has 0 bridgehead atoms. The zero-order chi connectivity index (χ0) is 10.1. The summed E-state index contributed by atoms with van der Waals surface area (Å²) in [5.41, 5.74) is 0.471. The summed E-state index contributed by atoms with van der Waals surface area (Å²) in [5.74, 6) is -0.514. The van der Waals surface area contributed by atoms with Crippen LogP contribution >= 0.6 is 0 Å². The van der Waals surface area contributed by atoms with Gasteiger partial charge in [-0.05, 0) is 6.07 Å². The Morgan fingerprint density at radius 1 is 1.43 bits per heavy atom. The molecule has 0 aromatic heterocycles. The van der Waals surface area contributed by atoms with Crippen molar-refractivity contribution in [3.05, 3.63) is 35.6 Å². The zero-order valence-electron chi connectivity index (χ0n) is 7.66. The van der Waals surface area contributed by atoms with Crippen molar-refractivity contribution in [3.8, 4) is 0 Å². The molecule has 1 fully saturated rings. The normalized spacial score (nSPS) is 25.4. The van der Waals surface area contributed by atoms with Gasteiger partial charge in [-0.25, -0.2) is 4.39 Å². The fourth-order valence-electron chi connectivity index (χ4n) is 1.58. The highest BCUT2D eigenvalue weighted by atomic mass is 19.1. The first-order valence-corrected chi connectivity index (χ1v) is 4.31. The summed E-state index contributed by atoms with van der Waals surface area (Å²) >= 11 is 0. The van der Waals surface area contributed by atoms with Crippen molar-refractivity contribution in [2.75, 3.05) is 7.11 Å². The molecule has 2 rings (SSSR count). The molecule has 1 saturated heterocycles. The van der Waals surface area contributed by atoms with Crippen molar-refractivity contribution < 1.29 is 13.9 Å². The summed E-state index contributed by atoms with van der Waals surface area (Å²) in [5, 5.41) is 2.60. The van der Waals surface area contributed by atoms with Crippen LogP contribution in [0, 0.1) is 5.82 Å². The zero-order valence-corrected chi connectivity index (χ0v) is 7.66. The molecule has 1 amide bonds. The number of amides is 1. The van der Waals surface area contributed by atoms with Crippen molar-refractivity contribution in [2.45, 2.75) is 12.1 Å². The molecule has 74 valence electrons. The summed E-state index contributed by atoms with van der Waals surface area (Å²) in [7, 11) is 1.44. The molecule has 0 saturated carbocycles. The lowest BCUT2D eigenvalue weighted by atomic mass is 9.93. The lowest BCUT2D eigenvalue weighted by molar-refractivity contribution is -0.145. The number of carbonyl (C=O) groups is 1. The van der Waals surface area contributed by atoms with Crippen LogP contribution in [0.2, 0.25) is 0 Å². The summed E-state index contributed by atoms with van der Waals surface area (Å²) < 4.78 is 18.2. The number of hydrogen-bond acceptors (Lipinski definition) is 2. The maximum Gasteiger partial charge on any atom is 0.252 e. The SMILES string of the molecule is CO[C@H]1C(=O)N[C@H]1c1ccccc1F. The molecule has 2 atom stereocenters. The predicted octanol–water partition coefficient (Wildman–Crippen LogP) is 1.01. The lowest BCUT2D eigenvalue weighted by Gasteiger charge is -2.35. The van der Waals surface area contributed by atoms with Crippen LogP contribution in [0.5, 0.6) is 0 Å². The third-order valence-electron chi connectivity index (χ3n) is 2.35. The summed E-state index contributed by atoms with van der Waals surface area (Å²) in [6.45, 7) is 0. The van der Waals surface area contributed by atoms with E-state index >= 15 is 0 Å². The second-order valence-electron chi connectivity index (χ2n) is 3.16. The Balaban J connectivity index is 2.25. The van der Waals surface area contributed by atoms with Gasteiger partial charge in [-0.3, -0.25) is 4.79 Å². The molecule has 4 heteroatoms. The average Bonchev–Trinajstić information content (AvgIpc) is 2.16. The topological polar surface area (TPSA) is 38.3 Å². The molecule has 0 unspecified atom stereocenters. The Kier molecular flexibility index (Phi) is 2.21. The van der Waals surface area contributed by atoms with Crippen molar-refractivity contribution in [3.63, 3.8) is 0 Å². The fourth-order valence-corrected chi connectivity index (χ4v) is 1.58. The minimum atomic E-state index is -0.563. The largest absolute Gasteiger partial charge is 0.369 e. The lowest BCUT2D eigenvalue weighted by Crippen LogP contribution is -2.56. The number of benzene rings is 1. The minimum Gasteiger partial charge on any atom is -0.369 e. The Hall–Kier alpha value is -1.42. The minimum absolute atomic E-state index is 0.194. The highest BCUT2D eigenvalue weighted by molar-refractivity contribution is 5.88. The number of halogens is 1. The van der Waals surface area contributed by atoms with Crippen LogP contribution in [0.3, 0.4) is 0 Å². The molecule has 1 heterocycles. The molecule has 1 aromatic carbocycles. The number of carbonyl (C=O) groups excluding carboxylic acids is 1. The summed E-state index contributed by atoms with van der Waals surface area (Å²) in [6.07, 6.45) is -0.563. The molecular formula is C10H10FNO2. The van der Waals surface area contributed by atoms with E-state index in [-0.39, 0.29) is 17.8 Å². The Labute approximate surface area is 80.9 Å². The Morgan fingerprint density at radius 2 is 2.14 bits per heavy atom. The van der Waals surface area contributed by atoms with Gasteiger partial charge in [-0.1, -0.05) is 18.2 Å². The summed E-state index contributed by atoms with van der Waals surface area (Å²) in [6, 6.07) is 6.00. The highest BCUT2D eigenvalue weighted by Gasteiger charge is 2.41. The number of β-lactam (4-membered cyclic amide) rings is 1. The van der Waals surface area contributed by atoms with E-state index in [0.29, 0.717) is 5.56 Å². The monoisotopic (exact) mass is 195 g/mol. The predicted molar refractivity (Wildman–Crippen MR) is 48.1 cm³/mol. The standard InChI is InChI=1S/C10H10FNO2/c1-14-9-8(12-10(9)13)6-4-2-3-5-7(6)11/h2-5,8-9H,1H3,(H,12,13)/t8-,9+/m0/s1. The third-order valence-corrected chi connectivity index (χ3v) is 2.35. The second kappa shape index (κ2) is 3.38. The Morgan fingerprint density at radius 3 is 2.71 bits per heavy atom. The van der Waals surface area contributed by atoms with E-state index < -0.39 is 6.10 Å². The molecule has 0 aliphatic carbocycles. The molecule has 1 aliphatic heterocycles. The smallest absolute Gasteiger partial charge is 0.252 e. The number of hydrogen-bond donors (Lipinski definition) is 1. The van der Waals surface area contributed by atoms with Crippen molar-refractivity contribution in [2.24, 2.45) is 0 Å². The molecule has 14 heavy (non-hydrogen) atoms. The molecule has 1 aromatic rings. The van der Waals surface area contributed by atoms with E-state index in [1.165, 1.54) is 13.2 Å². The van der Waals surface area contributed by atoms with Gasteiger partial charge >= 0.3 is 0 Å². The van der Waals surface area contributed by atoms with E-state index in [1.54, 1.807) is 18.2 Å². The van der Waals surface area contributed by atoms with Gasteiger partial charge in [0.1, 0.15) is 5.82 Å². The summed E-state index contributed by atoms with van der Waals surface area (Å²) in [4.78, 5) is 11.0. The van der Waals surface area contributed by atoms with Crippen LogP contribution in [0.1, 0.15) is 11.6 Å². The van der Waals surface area contributed by atoms with Crippen LogP contribution in [0.4, 0.5) is 4.39 Å². The molecule has 3 nitrogen and oxygen atoms in total. The Bertz CT molecular complexity index is 367. The van der Waals surface area contributed by atoms with E-state index in [0.717, 1.165) is 0 Å². The number of ether oxygens (including phenoxy) is 1. The molecule has 1 aliphatic rings. The van der Waals surface area contributed by atoms with Crippen molar-refractivity contribution in [1.29, 1.82) is 0 Å². The quantitative estimate of drug-likeness (QED) is 0.715. The number of methoxy groups -OCH3 is 1. The van der Waals surface area contributed by atoms with E-state index in [2.05, 4.69) is 5.32 Å². The second-order valence-corrected chi connectivity index (χ2v) is 3.16. The van der Waals surface area contributed by atoms with Gasteiger partial charge in [-0.15, -0.1) is 0 Å². The average molecular weight is 195 g/mol. The first kappa shape index (κ1) is 9.15. The van der Waals surface area contributed by atoms with Crippen LogP contribution in [-0.2, 0) is 9.53 Å².